The van der Waals surface area contributed by atoms with E-state index in [1.807, 2.05) is 19.1 Å². The molecule has 1 atom stereocenters. The minimum Gasteiger partial charge on any atom is -0.481 e. The fourth-order valence-electron chi connectivity index (χ4n) is 3.62. The molecular formula is C23H29NO2. The fourth-order valence-corrected chi connectivity index (χ4v) is 3.62. The molecule has 1 amide bonds. The van der Waals surface area contributed by atoms with Crippen LogP contribution in [0.15, 0.2) is 42.5 Å². The summed E-state index contributed by atoms with van der Waals surface area (Å²) in [6, 6.07) is 14.7. The Balaban J connectivity index is 1.46. The summed E-state index contributed by atoms with van der Waals surface area (Å²) < 4.78 is 5.99. The van der Waals surface area contributed by atoms with E-state index >= 15 is 0 Å². The summed E-state index contributed by atoms with van der Waals surface area (Å²) in [5.41, 5.74) is 5.26. The molecule has 3 rings (SSSR count). The molecule has 26 heavy (non-hydrogen) atoms. The van der Waals surface area contributed by atoms with Crippen molar-refractivity contribution < 1.29 is 9.53 Å². The van der Waals surface area contributed by atoms with Gasteiger partial charge in [-0.05, 0) is 75.1 Å². The summed E-state index contributed by atoms with van der Waals surface area (Å²) in [6.45, 7) is 4.61. The van der Waals surface area contributed by atoms with Gasteiger partial charge in [0, 0.05) is 6.54 Å². The second kappa shape index (κ2) is 8.88. The van der Waals surface area contributed by atoms with Crippen LogP contribution in [0.2, 0.25) is 0 Å². The summed E-state index contributed by atoms with van der Waals surface area (Å²) in [4.78, 5) is 12.3. The maximum absolute atomic E-state index is 12.3. The molecule has 0 radical (unpaired) electrons. The van der Waals surface area contributed by atoms with E-state index in [1.165, 1.54) is 35.1 Å². The molecule has 3 heteroatoms. The molecule has 0 saturated heterocycles. The van der Waals surface area contributed by atoms with Gasteiger partial charge in [0.2, 0.25) is 0 Å². The average molecular weight is 351 g/mol. The second-order valence-electron chi connectivity index (χ2n) is 7.24. The number of aryl methyl sites for hydroxylation is 3. The Morgan fingerprint density at radius 3 is 2.81 bits per heavy atom. The lowest BCUT2D eigenvalue weighted by Crippen LogP contribution is -2.37. The van der Waals surface area contributed by atoms with Crippen LogP contribution in [-0.2, 0) is 24.1 Å². The molecule has 2 aromatic rings. The maximum atomic E-state index is 12.3. The third-order valence-corrected chi connectivity index (χ3v) is 5.05. The Kier molecular flexibility index (Phi) is 6.32. The third-order valence-electron chi connectivity index (χ3n) is 5.05. The van der Waals surface area contributed by atoms with Gasteiger partial charge in [-0.1, -0.05) is 42.0 Å². The van der Waals surface area contributed by atoms with Gasteiger partial charge >= 0.3 is 0 Å². The number of carbonyl (C=O) groups is 1. The van der Waals surface area contributed by atoms with Crippen LogP contribution in [0, 0.1) is 6.92 Å². The van der Waals surface area contributed by atoms with E-state index in [4.69, 9.17) is 4.74 Å². The van der Waals surface area contributed by atoms with Gasteiger partial charge in [-0.15, -0.1) is 0 Å². The van der Waals surface area contributed by atoms with Crippen molar-refractivity contribution in [2.45, 2.75) is 58.5 Å². The molecule has 1 N–H and O–H groups in total. The van der Waals surface area contributed by atoms with Crippen molar-refractivity contribution in [2.24, 2.45) is 0 Å². The number of carbonyl (C=O) groups excluding carboxylic acids is 1. The zero-order valence-electron chi connectivity index (χ0n) is 15.9. The smallest absolute Gasteiger partial charge is 0.260 e. The molecule has 0 saturated carbocycles. The first-order chi connectivity index (χ1) is 12.6. The molecule has 0 aromatic heterocycles. The van der Waals surface area contributed by atoms with E-state index in [0.29, 0.717) is 6.54 Å². The van der Waals surface area contributed by atoms with Crippen LogP contribution in [0.1, 0.15) is 48.4 Å². The quantitative estimate of drug-likeness (QED) is 0.751. The first kappa shape index (κ1) is 18.5. The average Bonchev–Trinajstić information content (AvgIpc) is 2.65. The molecule has 1 aliphatic carbocycles. The monoisotopic (exact) mass is 351 g/mol. The van der Waals surface area contributed by atoms with Gasteiger partial charge < -0.3 is 10.1 Å². The zero-order valence-corrected chi connectivity index (χ0v) is 15.9. The lowest BCUT2D eigenvalue weighted by atomic mass is 9.91. The van der Waals surface area contributed by atoms with Gasteiger partial charge in [-0.3, -0.25) is 4.79 Å². The maximum Gasteiger partial charge on any atom is 0.260 e. The normalized spacial score (nSPS) is 14.4. The number of amides is 1. The summed E-state index contributed by atoms with van der Waals surface area (Å²) in [6.07, 6.45) is 6.05. The van der Waals surface area contributed by atoms with E-state index < -0.39 is 6.10 Å². The number of hydrogen-bond donors (Lipinski definition) is 1. The minimum absolute atomic E-state index is 0.0392. The summed E-state index contributed by atoms with van der Waals surface area (Å²) in [5.74, 6) is 0.840. The van der Waals surface area contributed by atoms with Gasteiger partial charge in [0.1, 0.15) is 5.75 Å². The van der Waals surface area contributed by atoms with Crippen LogP contribution < -0.4 is 10.1 Å². The predicted octanol–water partition coefficient (Wildman–Crippen LogP) is 4.39. The van der Waals surface area contributed by atoms with Crippen LogP contribution in [0.4, 0.5) is 0 Å². The molecule has 2 aromatic carbocycles. The first-order valence-electron chi connectivity index (χ1n) is 9.74. The largest absolute Gasteiger partial charge is 0.481 e. The molecule has 0 bridgehead atoms. The van der Waals surface area contributed by atoms with E-state index in [2.05, 4.69) is 42.6 Å². The lowest BCUT2D eigenvalue weighted by Gasteiger charge is -2.22. The van der Waals surface area contributed by atoms with Crippen LogP contribution in [-0.4, -0.2) is 18.6 Å². The first-order valence-corrected chi connectivity index (χ1v) is 9.74. The summed E-state index contributed by atoms with van der Waals surface area (Å²) >= 11 is 0. The fraction of sp³-hybridized carbons (Fsp3) is 0.435. The third kappa shape index (κ3) is 4.87. The number of ether oxygens (including phenoxy) is 1. The molecule has 0 aliphatic heterocycles. The van der Waals surface area contributed by atoms with Crippen LogP contribution in [0.25, 0.3) is 0 Å². The van der Waals surface area contributed by atoms with Crippen molar-refractivity contribution in [3.05, 3.63) is 64.7 Å². The zero-order chi connectivity index (χ0) is 18.4. The standard InChI is InChI=1S/C23H29NO2/c1-17-8-5-9-19(16-17)10-7-15-24-23(25)18(2)26-22-14-6-12-20-11-3-4-13-21(20)22/h5-6,8-9,12,14,16,18H,3-4,7,10-11,13,15H2,1-2H3,(H,24,25)/t18-/m1/s1. The number of fused-ring (bicyclic) bond motifs is 1. The Hall–Kier alpha value is -2.29. The van der Waals surface area contributed by atoms with Crippen molar-refractivity contribution in [2.75, 3.05) is 6.54 Å². The number of hydrogen-bond acceptors (Lipinski definition) is 2. The van der Waals surface area contributed by atoms with Gasteiger partial charge in [0.05, 0.1) is 0 Å². The molecule has 0 heterocycles. The lowest BCUT2D eigenvalue weighted by molar-refractivity contribution is -0.127. The van der Waals surface area contributed by atoms with Crippen LogP contribution in [0.3, 0.4) is 0 Å². The van der Waals surface area contributed by atoms with Gasteiger partial charge in [0.15, 0.2) is 6.10 Å². The Bertz CT molecular complexity index is 754. The van der Waals surface area contributed by atoms with Gasteiger partial charge in [-0.2, -0.15) is 0 Å². The Labute approximate surface area is 156 Å². The highest BCUT2D eigenvalue weighted by Crippen LogP contribution is 2.30. The molecule has 0 unspecified atom stereocenters. The van der Waals surface area contributed by atoms with E-state index in [0.717, 1.165) is 31.4 Å². The number of nitrogens with one attached hydrogen (secondary N) is 1. The van der Waals surface area contributed by atoms with E-state index in [9.17, 15) is 4.79 Å². The SMILES string of the molecule is Cc1cccc(CCCNC(=O)[C@@H](C)Oc2cccc3c2CCCC3)c1. The van der Waals surface area contributed by atoms with Crippen LogP contribution in [0.5, 0.6) is 5.75 Å². The highest BCUT2D eigenvalue weighted by atomic mass is 16.5. The number of benzene rings is 2. The number of rotatable bonds is 7. The van der Waals surface area contributed by atoms with Crippen molar-refractivity contribution in [3.63, 3.8) is 0 Å². The highest BCUT2D eigenvalue weighted by molar-refractivity contribution is 5.80. The van der Waals surface area contributed by atoms with Crippen molar-refractivity contribution >= 4 is 5.91 Å². The Morgan fingerprint density at radius 2 is 1.96 bits per heavy atom. The summed E-state index contributed by atoms with van der Waals surface area (Å²) in [7, 11) is 0. The summed E-state index contributed by atoms with van der Waals surface area (Å²) in [5, 5.41) is 3.00. The molecule has 0 spiro atoms. The predicted molar refractivity (Wildman–Crippen MR) is 106 cm³/mol. The molecule has 1 aliphatic rings. The van der Waals surface area contributed by atoms with Crippen LogP contribution >= 0.6 is 0 Å². The Morgan fingerprint density at radius 1 is 1.15 bits per heavy atom. The molecule has 138 valence electrons. The van der Waals surface area contributed by atoms with Crippen molar-refractivity contribution in [3.8, 4) is 5.75 Å². The second-order valence-corrected chi connectivity index (χ2v) is 7.24. The van der Waals surface area contributed by atoms with Gasteiger partial charge in [0.25, 0.3) is 5.91 Å². The van der Waals surface area contributed by atoms with E-state index in [-0.39, 0.29) is 5.91 Å². The van der Waals surface area contributed by atoms with Crippen molar-refractivity contribution in [1.82, 2.24) is 5.32 Å². The van der Waals surface area contributed by atoms with Gasteiger partial charge in [-0.25, -0.2) is 0 Å². The topological polar surface area (TPSA) is 38.3 Å². The van der Waals surface area contributed by atoms with E-state index in [1.54, 1.807) is 0 Å². The molecule has 3 nitrogen and oxygen atoms in total. The minimum atomic E-state index is -0.470. The molecule has 0 fully saturated rings. The van der Waals surface area contributed by atoms with Crippen molar-refractivity contribution in [1.29, 1.82) is 0 Å². The highest BCUT2D eigenvalue weighted by Gasteiger charge is 2.19. The molecular weight excluding hydrogens is 322 g/mol.